The highest BCUT2D eigenvalue weighted by Gasteiger charge is 2.68. The molecule has 2 aromatic carbocycles. The Balaban J connectivity index is 1.68. The van der Waals surface area contributed by atoms with Crippen LogP contribution in [0.4, 0.5) is 0 Å². The van der Waals surface area contributed by atoms with Gasteiger partial charge in [-0.15, -0.1) is 0 Å². The maximum Gasteiger partial charge on any atom is 0.191 e. The van der Waals surface area contributed by atoms with Gasteiger partial charge in [-0.05, 0) is 24.0 Å². The number of aliphatic hydroxyl groups is 1. The Hall–Kier alpha value is -2.87. The van der Waals surface area contributed by atoms with Crippen LogP contribution in [0.15, 0.2) is 90.6 Å². The monoisotopic (exact) mass is 340 g/mol. The summed E-state index contributed by atoms with van der Waals surface area (Å²) in [5.41, 5.74) is 4.71. The summed E-state index contributed by atoms with van der Waals surface area (Å²) in [7, 11) is 0. The van der Waals surface area contributed by atoms with Crippen molar-refractivity contribution in [3.05, 3.63) is 107 Å². The number of rotatable bonds is 3. The third-order valence-electron chi connectivity index (χ3n) is 6.32. The number of nitrogens with one attached hydrogen (secondary N) is 1. The van der Waals surface area contributed by atoms with E-state index in [-0.39, 0.29) is 5.41 Å². The lowest BCUT2D eigenvalue weighted by Gasteiger charge is -2.50. The topological polar surface area (TPSA) is 34.4 Å². The third kappa shape index (κ3) is 1.96. The van der Waals surface area contributed by atoms with E-state index in [4.69, 9.17) is 0 Å². The van der Waals surface area contributed by atoms with Crippen LogP contribution in [0, 0.1) is 11.8 Å². The summed E-state index contributed by atoms with van der Waals surface area (Å²) in [6, 6.07) is 27.1. The van der Waals surface area contributed by atoms with Gasteiger partial charge < -0.3 is 5.11 Å². The molecule has 2 N–H and O–H groups in total. The second kappa shape index (κ2) is 5.84. The molecule has 0 spiro atoms. The number of aliphatic hydroxyl groups excluding tert-OH is 1. The van der Waals surface area contributed by atoms with Crippen LogP contribution in [0.3, 0.4) is 0 Å². The van der Waals surface area contributed by atoms with Gasteiger partial charge in [-0.25, -0.2) is 4.98 Å². The van der Waals surface area contributed by atoms with Crippen molar-refractivity contribution in [2.24, 2.45) is 11.8 Å². The highest BCUT2D eigenvalue weighted by molar-refractivity contribution is 5.69. The highest BCUT2D eigenvalue weighted by Crippen LogP contribution is 2.69. The highest BCUT2D eigenvalue weighted by atomic mass is 16.3. The molecule has 3 atom stereocenters. The summed E-state index contributed by atoms with van der Waals surface area (Å²) in [5, 5.41) is 11.0. The van der Waals surface area contributed by atoms with E-state index in [1.54, 1.807) is 0 Å². The SMILES string of the molecule is OC(=C1[C@H]2CC[C@@H]1C2(c1ccccc1)c1cccc[nH+]1)c1ccccc1. The van der Waals surface area contributed by atoms with E-state index in [9.17, 15) is 5.11 Å². The van der Waals surface area contributed by atoms with Crippen LogP contribution in [0.25, 0.3) is 5.76 Å². The number of pyridine rings is 1. The fourth-order valence-corrected chi connectivity index (χ4v) is 5.37. The minimum atomic E-state index is -0.0549. The number of aromatic nitrogens is 1. The number of H-pyrrole nitrogens is 1. The van der Waals surface area contributed by atoms with E-state index >= 15 is 0 Å². The summed E-state index contributed by atoms with van der Waals surface area (Å²) in [5.74, 6) is 1.17. The number of allylic oxidation sites excluding steroid dienone is 1. The second-order valence-corrected chi connectivity index (χ2v) is 7.36. The maximum atomic E-state index is 11.0. The van der Waals surface area contributed by atoms with Gasteiger partial charge in [-0.1, -0.05) is 66.7 Å². The zero-order valence-electron chi connectivity index (χ0n) is 14.6. The first-order chi connectivity index (χ1) is 12.8. The molecule has 0 radical (unpaired) electrons. The molecular formula is C24H22NO+. The van der Waals surface area contributed by atoms with Gasteiger partial charge in [0.2, 0.25) is 0 Å². The van der Waals surface area contributed by atoms with Crippen LogP contribution in [0.5, 0.6) is 0 Å². The Morgan fingerprint density at radius 1 is 0.808 bits per heavy atom. The summed E-state index contributed by atoms with van der Waals surface area (Å²) >= 11 is 0. The van der Waals surface area contributed by atoms with Crippen LogP contribution >= 0.6 is 0 Å². The van der Waals surface area contributed by atoms with Gasteiger partial charge in [0.05, 0.1) is 5.41 Å². The van der Waals surface area contributed by atoms with Crippen molar-refractivity contribution in [2.45, 2.75) is 18.3 Å². The van der Waals surface area contributed by atoms with E-state index in [0.717, 1.165) is 18.4 Å². The normalized spacial score (nSPS) is 28.5. The van der Waals surface area contributed by atoms with Gasteiger partial charge in [-0.2, -0.15) is 0 Å². The van der Waals surface area contributed by atoms with E-state index in [0.29, 0.717) is 17.6 Å². The third-order valence-corrected chi connectivity index (χ3v) is 6.32. The molecule has 1 unspecified atom stereocenters. The number of fused-ring (bicyclic) bond motifs is 1. The number of hydrogen-bond donors (Lipinski definition) is 1. The fraction of sp³-hybridized carbons (Fsp3) is 0.208. The molecule has 0 saturated heterocycles. The van der Waals surface area contributed by atoms with Crippen molar-refractivity contribution >= 4 is 5.76 Å². The molecule has 26 heavy (non-hydrogen) atoms. The largest absolute Gasteiger partial charge is 0.507 e. The Labute approximate surface area is 153 Å². The smallest absolute Gasteiger partial charge is 0.191 e. The molecule has 6 rings (SSSR count). The van der Waals surface area contributed by atoms with Gasteiger partial charge in [0.25, 0.3) is 0 Å². The van der Waals surface area contributed by atoms with Gasteiger partial charge in [0, 0.05) is 29.5 Å². The van der Waals surface area contributed by atoms with Crippen LogP contribution in [0.1, 0.15) is 29.7 Å². The molecule has 2 bridgehead atoms. The van der Waals surface area contributed by atoms with E-state index < -0.39 is 0 Å². The van der Waals surface area contributed by atoms with Crippen LogP contribution in [-0.2, 0) is 5.41 Å². The average Bonchev–Trinajstić information content (AvgIpc) is 3.33. The number of benzene rings is 2. The molecule has 3 aliphatic rings. The molecule has 128 valence electrons. The Morgan fingerprint density at radius 2 is 1.42 bits per heavy atom. The van der Waals surface area contributed by atoms with Crippen molar-refractivity contribution in [2.75, 3.05) is 0 Å². The predicted molar refractivity (Wildman–Crippen MR) is 102 cm³/mol. The molecule has 1 heterocycles. The molecule has 1 aromatic heterocycles. The molecule has 3 aromatic rings. The van der Waals surface area contributed by atoms with E-state index in [1.807, 2.05) is 42.6 Å². The van der Waals surface area contributed by atoms with Crippen LogP contribution in [-0.4, -0.2) is 5.11 Å². The molecule has 0 aliphatic heterocycles. The quantitative estimate of drug-likeness (QED) is 0.683. The van der Waals surface area contributed by atoms with Crippen molar-refractivity contribution in [1.82, 2.24) is 0 Å². The Kier molecular flexibility index (Phi) is 3.46. The first-order valence-electron chi connectivity index (χ1n) is 9.34. The maximum absolute atomic E-state index is 11.0. The first-order valence-corrected chi connectivity index (χ1v) is 9.34. The average molecular weight is 340 g/mol. The van der Waals surface area contributed by atoms with Crippen molar-refractivity contribution in [3.8, 4) is 0 Å². The van der Waals surface area contributed by atoms with E-state index in [2.05, 4.69) is 47.4 Å². The molecule has 3 saturated carbocycles. The lowest BCUT2D eigenvalue weighted by molar-refractivity contribution is -0.400. The lowest BCUT2D eigenvalue weighted by atomic mass is 9.50. The van der Waals surface area contributed by atoms with Crippen molar-refractivity contribution < 1.29 is 10.1 Å². The Bertz CT molecular complexity index is 892. The van der Waals surface area contributed by atoms with Crippen molar-refractivity contribution in [1.29, 1.82) is 0 Å². The minimum Gasteiger partial charge on any atom is -0.507 e. The summed E-state index contributed by atoms with van der Waals surface area (Å²) in [6.45, 7) is 0. The lowest BCUT2D eigenvalue weighted by Crippen LogP contribution is -2.53. The number of aromatic amines is 1. The minimum absolute atomic E-state index is 0.0549. The summed E-state index contributed by atoms with van der Waals surface area (Å²) in [4.78, 5) is 3.51. The summed E-state index contributed by atoms with van der Waals surface area (Å²) in [6.07, 6.45) is 4.25. The molecule has 0 amide bonds. The van der Waals surface area contributed by atoms with Crippen molar-refractivity contribution in [3.63, 3.8) is 0 Å². The Morgan fingerprint density at radius 3 is 2.04 bits per heavy atom. The van der Waals surface area contributed by atoms with Crippen LogP contribution in [0.2, 0.25) is 0 Å². The van der Waals surface area contributed by atoms with Gasteiger partial charge >= 0.3 is 0 Å². The molecule has 3 aliphatic carbocycles. The standard InChI is InChI=1S/C24H21NO/c26-23(17-9-3-1-4-10-17)22-19-14-15-20(22)24(19,18-11-5-2-6-12-18)21-13-7-8-16-25-21/h1-13,16,19-20,26H,14-15H2/p+1/t19-,20+,24?. The molecular weight excluding hydrogens is 318 g/mol. The zero-order chi connectivity index (χ0) is 17.6. The fourth-order valence-electron chi connectivity index (χ4n) is 5.37. The zero-order valence-corrected chi connectivity index (χ0v) is 14.6. The van der Waals surface area contributed by atoms with Crippen LogP contribution < -0.4 is 4.98 Å². The summed E-state index contributed by atoms with van der Waals surface area (Å²) < 4.78 is 0. The molecule has 2 heteroatoms. The predicted octanol–water partition coefficient (Wildman–Crippen LogP) is 4.80. The second-order valence-electron chi connectivity index (χ2n) is 7.36. The van der Waals surface area contributed by atoms with Gasteiger partial charge in [0.1, 0.15) is 5.76 Å². The van der Waals surface area contributed by atoms with Gasteiger partial charge in [0.15, 0.2) is 11.9 Å². The molecule has 2 nitrogen and oxygen atoms in total. The van der Waals surface area contributed by atoms with Gasteiger partial charge in [-0.3, -0.25) is 0 Å². The molecule has 3 fully saturated rings. The van der Waals surface area contributed by atoms with E-state index in [1.165, 1.54) is 16.8 Å². The first kappa shape index (κ1) is 15.4. The number of hydrogen-bond acceptors (Lipinski definition) is 1.